The fraction of sp³-hybridized carbons (Fsp3) is 0.643. The molecule has 6 nitrogen and oxygen atoms in total. The van der Waals surface area contributed by atoms with Crippen LogP contribution >= 0.6 is 11.8 Å². The van der Waals surface area contributed by atoms with Crippen molar-refractivity contribution in [2.75, 3.05) is 50.9 Å². The lowest BCUT2D eigenvalue weighted by Gasteiger charge is -2.45. The highest BCUT2D eigenvalue weighted by atomic mass is 32.2. The molecule has 0 N–H and O–H groups in total. The molecule has 1 amide bonds. The van der Waals surface area contributed by atoms with Crippen LogP contribution in [0.3, 0.4) is 0 Å². The van der Waals surface area contributed by atoms with E-state index in [-0.39, 0.29) is 11.9 Å². The molecule has 7 heteroatoms. The number of carbonyl (C=O) groups excluding carboxylic acids is 1. The predicted molar refractivity (Wildman–Crippen MR) is 83.8 cm³/mol. The van der Waals surface area contributed by atoms with Crippen molar-refractivity contribution in [2.24, 2.45) is 0 Å². The van der Waals surface area contributed by atoms with Crippen LogP contribution in [0.5, 0.6) is 0 Å². The molecule has 3 heterocycles. The molecule has 2 saturated heterocycles. The van der Waals surface area contributed by atoms with Gasteiger partial charge in [-0.25, -0.2) is 9.97 Å². The van der Waals surface area contributed by atoms with E-state index in [1.807, 2.05) is 31.2 Å². The monoisotopic (exact) mass is 307 g/mol. The second kappa shape index (κ2) is 5.81. The highest BCUT2D eigenvalue weighted by molar-refractivity contribution is 7.98. The largest absolute Gasteiger partial charge is 0.353 e. The maximum Gasteiger partial charge on any atom is 0.241 e. The molecular weight excluding hydrogens is 286 g/mol. The Labute approximate surface area is 129 Å². The second-order valence-electron chi connectivity index (χ2n) is 5.61. The second-order valence-corrected chi connectivity index (χ2v) is 6.39. The SMILES string of the molecule is CSc1nc(C)cc(N2CCN3CCN(C)C(=O)C3C2)n1. The number of hydrogen-bond donors (Lipinski definition) is 0. The first-order valence-electron chi connectivity index (χ1n) is 7.22. The lowest BCUT2D eigenvalue weighted by molar-refractivity contribution is -0.140. The molecule has 0 bridgehead atoms. The number of anilines is 1. The third-order valence-corrected chi connectivity index (χ3v) is 4.75. The number of nitrogens with zero attached hydrogens (tertiary/aromatic N) is 5. The van der Waals surface area contributed by atoms with Gasteiger partial charge in [0.25, 0.3) is 0 Å². The number of hydrogen-bond acceptors (Lipinski definition) is 6. The molecule has 2 fully saturated rings. The molecule has 1 atom stereocenters. The Morgan fingerprint density at radius 2 is 2.00 bits per heavy atom. The molecule has 114 valence electrons. The van der Waals surface area contributed by atoms with E-state index in [0.29, 0.717) is 6.54 Å². The van der Waals surface area contributed by atoms with Gasteiger partial charge in [0.1, 0.15) is 11.9 Å². The smallest absolute Gasteiger partial charge is 0.241 e. The van der Waals surface area contributed by atoms with Gasteiger partial charge in [0, 0.05) is 51.5 Å². The lowest BCUT2D eigenvalue weighted by Crippen LogP contribution is -2.64. The summed E-state index contributed by atoms with van der Waals surface area (Å²) in [4.78, 5) is 27.7. The zero-order valence-electron chi connectivity index (χ0n) is 12.7. The van der Waals surface area contributed by atoms with Gasteiger partial charge in [-0.3, -0.25) is 9.69 Å². The summed E-state index contributed by atoms with van der Waals surface area (Å²) in [6, 6.07) is 1.97. The topological polar surface area (TPSA) is 52.6 Å². The van der Waals surface area contributed by atoms with Gasteiger partial charge in [0.05, 0.1) is 0 Å². The Kier molecular flexibility index (Phi) is 4.03. The van der Waals surface area contributed by atoms with Gasteiger partial charge >= 0.3 is 0 Å². The normalized spacial score (nSPS) is 23.4. The molecule has 2 aliphatic rings. The lowest BCUT2D eigenvalue weighted by atomic mass is 10.1. The number of likely N-dealkylation sites (N-methyl/N-ethyl adjacent to an activating group) is 1. The summed E-state index contributed by atoms with van der Waals surface area (Å²) in [5, 5.41) is 0.791. The molecular formula is C14H21N5OS. The highest BCUT2D eigenvalue weighted by Crippen LogP contribution is 2.22. The van der Waals surface area contributed by atoms with Gasteiger partial charge in [-0.15, -0.1) is 0 Å². The standard InChI is InChI=1S/C14H21N5OS/c1-10-8-12(16-14(15-10)21-3)19-7-6-18-5-4-17(2)13(20)11(18)9-19/h8,11H,4-7,9H2,1-3H3. The molecule has 21 heavy (non-hydrogen) atoms. The maximum atomic E-state index is 12.3. The van der Waals surface area contributed by atoms with Gasteiger partial charge in [-0.05, 0) is 13.2 Å². The average molecular weight is 307 g/mol. The van der Waals surface area contributed by atoms with E-state index in [0.717, 1.165) is 42.8 Å². The van der Waals surface area contributed by atoms with Crippen LogP contribution in [0.4, 0.5) is 5.82 Å². The Bertz CT molecular complexity index is 552. The number of aromatic nitrogens is 2. The van der Waals surface area contributed by atoms with Crippen molar-refractivity contribution in [1.82, 2.24) is 19.8 Å². The zero-order valence-corrected chi connectivity index (χ0v) is 13.6. The third kappa shape index (κ3) is 2.85. The summed E-state index contributed by atoms with van der Waals surface area (Å²) < 4.78 is 0. The van der Waals surface area contributed by atoms with E-state index in [4.69, 9.17) is 0 Å². The van der Waals surface area contributed by atoms with Crippen molar-refractivity contribution < 1.29 is 4.79 Å². The molecule has 0 saturated carbocycles. The summed E-state index contributed by atoms with van der Waals surface area (Å²) in [6.07, 6.45) is 1.98. The van der Waals surface area contributed by atoms with Crippen molar-refractivity contribution in [2.45, 2.75) is 18.1 Å². The maximum absolute atomic E-state index is 12.3. The first kappa shape index (κ1) is 14.6. The first-order valence-corrected chi connectivity index (χ1v) is 8.44. The first-order chi connectivity index (χ1) is 10.1. The van der Waals surface area contributed by atoms with Crippen LogP contribution in [-0.2, 0) is 4.79 Å². The van der Waals surface area contributed by atoms with Gasteiger partial charge < -0.3 is 9.80 Å². The molecule has 2 aliphatic heterocycles. The summed E-state index contributed by atoms with van der Waals surface area (Å²) in [5.74, 6) is 1.16. The Hall–Kier alpha value is -1.34. The Balaban J connectivity index is 1.81. The summed E-state index contributed by atoms with van der Waals surface area (Å²) in [7, 11) is 1.89. The molecule has 1 aromatic rings. The van der Waals surface area contributed by atoms with Crippen molar-refractivity contribution >= 4 is 23.5 Å². The molecule has 0 spiro atoms. The fourth-order valence-electron chi connectivity index (χ4n) is 2.95. The van der Waals surface area contributed by atoms with Gasteiger partial charge in [0.2, 0.25) is 5.91 Å². The number of carbonyl (C=O) groups is 1. The van der Waals surface area contributed by atoms with Crippen molar-refractivity contribution in [3.63, 3.8) is 0 Å². The van der Waals surface area contributed by atoms with E-state index in [1.165, 1.54) is 0 Å². The minimum Gasteiger partial charge on any atom is -0.353 e. The summed E-state index contributed by atoms with van der Waals surface area (Å²) in [6.45, 7) is 6.34. The number of piperazine rings is 2. The molecule has 3 rings (SSSR count). The van der Waals surface area contributed by atoms with Crippen LogP contribution in [0, 0.1) is 6.92 Å². The predicted octanol–water partition coefficient (Wildman–Crippen LogP) is 0.470. The average Bonchev–Trinajstić information content (AvgIpc) is 2.50. The van der Waals surface area contributed by atoms with Gasteiger partial charge in [-0.2, -0.15) is 0 Å². The van der Waals surface area contributed by atoms with Crippen LogP contribution in [-0.4, -0.2) is 77.7 Å². The summed E-state index contributed by atoms with van der Waals surface area (Å²) >= 11 is 1.55. The Morgan fingerprint density at radius 3 is 2.76 bits per heavy atom. The van der Waals surface area contributed by atoms with Crippen LogP contribution in [0.1, 0.15) is 5.69 Å². The van der Waals surface area contributed by atoms with E-state index in [2.05, 4.69) is 19.8 Å². The minimum atomic E-state index is -0.0366. The van der Waals surface area contributed by atoms with Crippen molar-refractivity contribution in [3.8, 4) is 0 Å². The van der Waals surface area contributed by atoms with Gasteiger partial charge in [-0.1, -0.05) is 11.8 Å². The van der Waals surface area contributed by atoms with Crippen LogP contribution in [0.15, 0.2) is 11.2 Å². The van der Waals surface area contributed by atoms with E-state index in [1.54, 1.807) is 11.8 Å². The molecule has 0 radical (unpaired) electrons. The fourth-order valence-corrected chi connectivity index (χ4v) is 3.37. The van der Waals surface area contributed by atoms with E-state index >= 15 is 0 Å². The van der Waals surface area contributed by atoms with E-state index < -0.39 is 0 Å². The molecule has 0 aliphatic carbocycles. The summed E-state index contributed by atoms with van der Waals surface area (Å²) in [5.41, 5.74) is 0.971. The zero-order chi connectivity index (χ0) is 15.0. The van der Waals surface area contributed by atoms with Crippen molar-refractivity contribution in [1.29, 1.82) is 0 Å². The number of aryl methyl sites for hydroxylation is 1. The molecule has 1 aromatic heterocycles. The molecule has 0 aromatic carbocycles. The number of thioether (sulfide) groups is 1. The quantitative estimate of drug-likeness (QED) is 0.585. The van der Waals surface area contributed by atoms with Gasteiger partial charge in [0.15, 0.2) is 5.16 Å². The van der Waals surface area contributed by atoms with Crippen LogP contribution in [0.25, 0.3) is 0 Å². The number of fused-ring (bicyclic) bond motifs is 1. The number of amides is 1. The third-order valence-electron chi connectivity index (χ3n) is 4.20. The molecule has 1 unspecified atom stereocenters. The van der Waals surface area contributed by atoms with E-state index in [9.17, 15) is 4.79 Å². The number of rotatable bonds is 2. The van der Waals surface area contributed by atoms with Crippen LogP contribution in [0.2, 0.25) is 0 Å². The van der Waals surface area contributed by atoms with Crippen molar-refractivity contribution in [3.05, 3.63) is 11.8 Å². The highest BCUT2D eigenvalue weighted by Gasteiger charge is 2.37. The Morgan fingerprint density at radius 1 is 1.24 bits per heavy atom. The minimum absolute atomic E-state index is 0.0366. The van der Waals surface area contributed by atoms with Crippen LogP contribution < -0.4 is 4.90 Å².